The van der Waals surface area contributed by atoms with Crippen LogP contribution in [0.4, 0.5) is 20.7 Å². The molecule has 4 rings (SSSR count). The van der Waals surface area contributed by atoms with E-state index in [9.17, 15) is 9.18 Å². The van der Waals surface area contributed by atoms with Gasteiger partial charge < -0.3 is 15.0 Å². The van der Waals surface area contributed by atoms with Gasteiger partial charge in [0.2, 0.25) is 0 Å². The van der Waals surface area contributed by atoms with Crippen LogP contribution in [-0.2, 0) is 4.74 Å². The van der Waals surface area contributed by atoms with Gasteiger partial charge in [0.1, 0.15) is 17.7 Å². The largest absolute Gasteiger partial charge is 0.444 e. The summed E-state index contributed by atoms with van der Waals surface area (Å²) in [5, 5.41) is 3.75. The smallest absolute Gasteiger partial charge is 0.410 e. The number of piperidine rings is 1. The summed E-state index contributed by atoms with van der Waals surface area (Å²) in [7, 11) is 0. The molecule has 0 unspecified atom stereocenters. The second-order valence-electron chi connectivity index (χ2n) is 9.11. The minimum absolute atomic E-state index is 0.140. The Hall–Kier alpha value is -2.64. The van der Waals surface area contributed by atoms with Crippen LogP contribution in [0.25, 0.3) is 10.9 Å². The Balaban J connectivity index is 1.62. The van der Waals surface area contributed by atoms with Crippen LogP contribution in [0.3, 0.4) is 0 Å². The van der Waals surface area contributed by atoms with Crippen molar-refractivity contribution in [3.8, 4) is 0 Å². The van der Waals surface area contributed by atoms with Gasteiger partial charge in [-0.3, -0.25) is 0 Å². The molecule has 2 heterocycles. The third kappa shape index (κ3) is 5.31. The first kappa shape index (κ1) is 23.5. The molecule has 2 aromatic carbocycles. The number of carbonyl (C=O) groups excluding carboxylic acids is 1. The lowest BCUT2D eigenvalue weighted by Crippen LogP contribution is -2.42. The predicted octanol–water partition coefficient (Wildman–Crippen LogP) is 6.93. The Kier molecular flexibility index (Phi) is 6.64. The van der Waals surface area contributed by atoms with Crippen LogP contribution in [-0.4, -0.2) is 39.7 Å². The maximum absolute atomic E-state index is 14.6. The highest BCUT2D eigenvalue weighted by Gasteiger charge is 2.28. The standard InChI is InChI=1S/C24H25Cl2FN4O2/c1-24(2,3)33-23(32)31-10-4-5-15(12-31)14-6-8-18-16(11-14)22(29-13-28-18)30-19-9-7-17(25)20(26)21(19)27/h6-9,11,13,15H,4-5,10,12H2,1-3H3,(H,28,29,30)/t15-/m1/s1. The molecule has 174 valence electrons. The van der Waals surface area contributed by atoms with Gasteiger partial charge in [-0.2, -0.15) is 0 Å². The Morgan fingerprint density at radius 3 is 2.76 bits per heavy atom. The fourth-order valence-corrected chi connectivity index (χ4v) is 4.23. The average molecular weight is 491 g/mol. The van der Waals surface area contributed by atoms with E-state index < -0.39 is 11.4 Å². The van der Waals surface area contributed by atoms with Crippen LogP contribution in [0.2, 0.25) is 10.0 Å². The van der Waals surface area contributed by atoms with E-state index in [2.05, 4.69) is 15.3 Å². The zero-order valence-corrected chi connectivity index (χ0v) is 20.2. The molecule has 0 spiro atoms. The van der Waals surface area contributed by atoms with Crippen LogP contribution in [0.15, 0.2) is 36.7 Å². The molecule has 9 heteroatoms. The number of hydrogen-bond acceptors (Lipinski definition) is 5. The SMILES string of the molecule is CC(C)(C)OC(=O)N1CCC[C@@H](c2ccc3ncnc(Nc4ccc(Cl)c(Cl)c4F)c3c2)C1. The molecule has 0 saturated carbocycles. The number of ether oxygens (including phenoxy) is 1. The zero-order chi connectivity index (χ0) is 23.8. The van der Waals surface area contributed by atoms with Crippen molar-refractivity contribution in [1.82, 2.24) is 14.9 Å². The first-order valence-corrected chi connectivity index (χ1v) is 11.5. The van der Waals surface area contributed by atoms with E-state index in [1.54, 1.807) is 4.90 Å². The van der Waals surface area contributed by atoms with E-state index >= 15 is 0 Å². The minimum Gasteiger partial charge on any atom is -0.444 e. The number of likely N-dealkylation sites (tertiary alicyclic amines) is 1. The van der Waals surface area contributed by atoms with Gasteiger partial charge in [-0.1, -0.05) is 29.3 Å². The highest BCUT2D eigenvalue weighted by molar-refractivity contribution is 6.42. The molecule has 0 radical (unpaired) electrons. The number of anilines is 2. The van der Waals surface area contributed by atoms with Crippen molar-refractivity contribution in [2.24, 2.45) is 0 Å². The van der Waals surface area contributed by atoms with E-state index in [0.717, 1.165) is 29.3 Å². The Morgan fingerprint density at radius 1 is 1.21 bits per heavy atom. The van der Waals surface area contributed by atoms with Crippen molar-refractivity contribution in [3.05, 3.63) is 58.1 Å². The third-order valence-corrected chi connectivity index (χ3v) is 6.27. The highest BCUT2D eigenvalue weighted by Crippen LogP contribution is 2.34. The molecule has 1 aromatic heterocycles. The molecule has 1 N–H and O–H groups in total. The Bertz CT molecular complexity index is 1200. The molecule has 1 aliphatic heterocycles. The van der Waals surface area contributed by atoms with Crippen LogP contribution in [0, 0.1) is 5.82 Å². The highest BCUT2D eigenvalue weighted by atomic mass is 35.5. The van der Waals surface area contributed by atoms with E-state index in [1.807, 2.05) is 39.0 Å². The Labute approximate surface area is 202 Å². The number of nitrogens with zero attached hydrogens (tertiary/aromatic N) is 3. The molecule has 0 aliphatic carbocycles. The number of benzene rings is 2. The van der Waals surface area contributed by atoms with Crippen molar-refractivity contribution < 1.29 is 13.9 Å². The van der Waals surface area contributed by atoms with Crippen LogP contribution in [0.5, 0.6) is 0 Å². The average Bonchev–Trinajstić information content (AvgIpc) is 2.78. The van der Waals surface area contributed by atoms with E-state index in [1.165, 1.54) is 18.5 Å². The number of amides is 1. The van der Waals surface area contributed by atoms with Crippen molar-refractivity contribution >= 4 is 51.7 Å². The number of aromatic nitrogens is 2. The summed E-state index contributed by atoms with van der Waals surface area (Å²) in [5.41, 5.74) is 1.41. The van der Waals surface area contributed by atoms with Gasteiger partial charge in [-0.15, -0.1) is 0 Å². The van der Waals surface area contributed by atoms with Gasteiger partial charge in [0, 0.05) is 24.4 Å². The molecule has 1 fully saturated rings. The fraction of sp³-hybridized carbons (Fsp3) is 0.375. The van der Waals surface area contributed by atoms with E-state index in [-0.39, 0.29) is 27.7 Å². The summed E-state index contributed by atoms with van der Waals surface area (Å²) in [4.78, 5) is 23.0. The van der Waals surface area contributed by atoms with Crippen LogP contribution < -0.4 is 5.32 Å². The molecule has 33 heavy (non-hydrogen) atoms. The molecule has 1 saturated heterocycles. The number of halogens is 3. The summed E-state index contributed by atoms with van der Waals surface area (Å²) in [5.74, 6) is -0.0447. The molecular weight excluding hydrogens is 466 g/mol. The van der Waals surface area contributed by atoms with Crippen molar-refractivity contribution in [3.63, 3.8) is 0 Å². The lowest BCUT2D eigenvalue weighted by atomic mass is 9.90. The van der Waals surface area contributed by atoms with Gasteiger partial charge in [0.25, 0.3) is 0 Å². The van der Waals surface area contributed by atoms with Gasteiger partial charge in [-0.25, -0.2) is 19.2 Å². The summed E-state index contributed by atoms with van der Waals surface area (Å²) < 4.78 is 20.1. The summed E-state index contributed by atoms with van der Waals surface area (Å²) in [6.45, 7) is 6.83. The zero-order valence-electron chi connectivity index (χ0n) is 18.7. The van der Waals surface area contributed by atoms with Gasteiger partial charge >= 0.3 is 6.09 Å². The Morgan fingerprint density at radius 2 is 2.00 bits per heavy atom. The van der Waals surface area contributed by atoms with Crippen molar-refractivity contribution in [2.75, 3.05) is 18.4 Å². The number of rotatable bonds is 3. The first-order valence-electron chi connectivity index (χ1n) is 10.8. The molecule has 3 aromatic rings. The van der Waals surface area contributed by atoms with Crippen molar-refractivity contribution in [1.29, 1.82) is 0 Å². The normalized spacial score (nSPS) is 16.7. The molecule has 0 bridgehead atoms. The number of fused-ring (bicyclic) bond motifs is 1. The number of nitrogens with one attached hydrogen (secondary N) is 1. The molecule has 1 amide bonds. The molecule has 1 aliphatic rings. The summed E-state index contributed by atoms with van der Waals surface area (Å²) >= 11 is 11.8. The van der Waals surface area contributed by atoms with Crippen LogP contribution >= 0.6 is 23.2 Å². The van der Waals surface area contributed by atoms with Crippen molar-refractivity contribution in [2.45, 2.75) is 45.1 Å². The van der Waals surface area contributed by atoms with E-state index in [0.29, 0.717) is 18.9 Å². The summed E-state index contributed by atoms with van der Waals surface area (Å²) in [6, 6.07) is 8.96. The third-order valence-electron chi connectivity index (χ3n) is 5.49. The number of hydrogen-bond donors (Lipinski definition) is 1. The van der Waals surface area contributed by atoms with E-state index in [4.69, 9.17) is 27.9 Å². The fourth-order valence-electron chi connectivity index (χ4n) is 3.92. The second-order valence-corrected chi connectivity index (χ2v) is 9.90. The molecular formula is C24H25Cl2FN4O2. The maximum atomic E-state index is 14.6. The first-order chi connectivity index (χ1) is 15.6. The molecule has 6 nitrogen and oxygen atoms in total. The van der Waals surface area contributed by atoms with Gasteiger partial charge in [-0.05, 0) is 63.4 Å². The summed E-state index contributed by atoms with van der Waals surface area (Å²) in [6.07, 6.45) is 2.95. The monoisotopic (exact) mass is 490 g/mol. The lowest BCUT2D eigenvalue weighted by Gasteiger charge is -2.34. The predicted molar refractivity (Wildman–Crippen MR) is 129 cm³/mol. The lowest BCUT2D eigenvalue weighted by molar-refractivity contribution is 0.0198. The second kappa shape index (κ2) is 9.31. The topological polar surface area (TPSA) is 67.3 Å². The number of carbonyl (C=O) groups is 1. The quantitative estimate of drug-likeness (QED) is 0.403. The van der Waals surface area contributed by atoms with Gasteiger partial charge in [0.15, 0.2) is 5.82 Å². The minimum atomic E-state index is -0.646. The molecule has 1 atom stereocenters. The van der Waals surface area contributed by atoms with Gasteiger partial charge in [0.05, 0.1) is 21.2 Å². The van der Waals surface area contributed by atoms with Crippen LogP contribution in [0.1, 0.15) is 45.1 Å². The maximum Gasteiger partial charge on any atom is 0.410 e.